The van der Waals surface area contributed by atoms with Gasteiger partial charge < -0.3 is 20.5 Å². The molecule has 0 spiro atoms. The van der Waals surface area contributed by atoms with Crippen LogP contribution in [0.3, 0.4) is 0 Å². The van der Waals surface area contributed by atoms with E-state index in [-0.39, 0.29) is 41.6 Å². The maximum absolute atomic E-state index is 14.6. The molecular formula is C21H30FIN6O. The molecule has 3 N–H and O–H groups in total. The molecule has 1 aliphatic heterocycles. The van der Waals surface area contributed by atoms with Crippen LogP contribution in [0, 0.1) is 18.7 Å². The zero-order chi connectivity index (χ0) is 20.8. The van der Waals surface area contributed by atoms with E-state index < -0.39 is 0 Å². The Morgan fingerprint density at radius 3 is 2.87 bits per heavy atom. The van der Waals surface area contributed by atoms with Crippen LogP contribution in [0.25, 0.3) is 5.69 Å². The third-order valence-corrected chi connectivity index (χ3v) is 5.15. The van der Waals surface area contributed by atoms with Crippen LogP contribution in [-0.4, -0.2) is 46.0 Å². The molecule has 1 amide bonds. The number of nitrogens with zero attached hydrogens (tertiary/aromatic N) is 4. The summed E-state index contributed by atoms with van der Waals surface area (Å²) in [7, 11) is 0. The Morgan fingerprint density at radius 1 is 1.43 bits per heavy atom. The number of likely N-dealkylation sites (tertiary alicyclic amines) is 1. The standard InChI is InChI=1S/C21H29FN6O.HI/c1-3-24-21(27-9-4-5-17(14-27)12-20(23)29)26-13-16-6-7-19(18(22)11-16)28-10-8-25-15(28)2;/h6-8,10-11,17H,3-5,9,12-14H2,1-2H3,(H2,23,29)(H,24,26);1H. The first kappa shape index (κ1) is 24.1. The number of aryl methyl sites for hydroxylation is 1. The van der Waals surface area contributed by atoms with Crippen molar-refractivity contribution in [1.82, 2.24) is 19.8 Å². The number of aromatic nitrogens is 2. The number of rotatable bonds is 6. The van der Waals surface area contributed by atoms with Crippen LogP contribution in [0.5, 0.6) is 0 Å². The summed E-state index contributed by atoms with van der Waals surface area (Å²) in [4.78, 5) is 22.3. The second-order valence-electron chi connectivity index (χ2n) is 7.43. The van der Waals surface area contributed by atoms with Gasteiger partial charge in [0, 0.05) is 38.4 Å². The number of hydrogen-bond acceptors (Lipinski definition) is 3. The number of nitrogens with one attached hydrogen (secondary N) is 1. The molecule has 0 bridgehead atoms. The van der Waals surface area contributed by atoms with Crippen LogP contribution >= 0.6 is 24.0 Å². The average molecular weight is 528 g/mol. The molecule has 30 heavy (non-hydrogen) atoms. The number of aliphatic imine (C=N–C) groups is 1. The van der Waals surface area contributed by atoms with Gasteiger partial charge in [0.2, 0.25) is 5.91 Å². The Balaban J connectivity index is 0.00000320. The number of benzene rings is 1. The van der Waals surface area contributed by atoms with E-state index in [2.05, 4.69) is 15.2 Å². The summed E-state index contributed by atoms with van der Waals surface area (Å²) < 4.78 is 16.3. The summed E-state index contributed by atoms with van der Waals surface area (Å²) in [5, 5.41) is 3.31. The van der Waals surface area contributed by atoms with Gasteiger partial charge in [-0.05, 0) is 50.3 Å². The van der Waals surface area contributed by atoms with Gasteiger partial charge in [-0.15, -0.1) is 24.0 Å². The van der Waals surface area contributed by atoms with Crippen molar-refractivity contribution in [2.75, 3.05) is 19.6 Å². The largest absolute Gasteiger partial charge is 0.370 e. The van der Waals surface area contributed by atoms with E-state index in [1.54, 1.807) is 23.0 Å². The van der Waals surface area contributed by atoms with E-state index in [1.165, 1.54) is 6.07 Å². The fourth-order valence-corrected chi connectivity index (χ4v) is 3.78. The van der Waals surface area contributed by atoms with Gasteiger partial charge in [-0.1, -0.05) is 6.07 Å². The first-order valence-electron chi connectivity index (χ1n) is 10.1. The molecule has 1 atom stereocenters. The minimum absolute atomic E-state index is 0. The van der Waals surface area contributed by atoms with Crippen molar-refractivity contribution in [1.29, 1.82) is 0 Å². The number of carbonyl (C=O) groups excluding carboxylic acids is 1. The highest BCUT2D eigenvalue weighted by molar-refractivity contribution is 14.0. The van der Waals surface area contributed by atoms with Crippen LogP contribution in [0.2, 0.25) is 0 Å². The zero-order valence-electron chi connectivity index (χ0n) is 17.5. The lowest BCUT2D eigenvalue weighted by atomic mass is 9.95. The average Bonchev–Trinajstić information content (AvgIpc) is 3.10. The van der Waals surface area contributed by atoms with Gasteiger partial charge in [-0.25, -0.2) is 14.4 Å². The second-order valence-corrected chi connectivity index (χ2v) is 7.43. The molecular weight excluding hydrogens is 498 g/mol. The van der Waals surface area contributed by atoms with Crippen LogP contribution in [0.1, 0.15) is 37.6 Å². The third kappa shape index (κ3) is 6.16. The summed E-state index contributed by atoms with van der Waals surface area (Å²) in [6.45, 7) is 6.60. The molecule has 2 heterocycles. The monoisotopic (exact) mass is 528 g/mol. The number of nitrogens with two attached hydrogens (primary N) is 1. The van der Waals surface area contributed by atoms with Gasteiger partial charge in [0.1, 0.15) is 11.6 Å². The Bertz CT molecular complexity index is 884. The van der Waals surface area contributed by atoms with E-state index in [4.69, 9.17) is 10.7 Å². The SMILES string of the molecule is CCNC(=NCc1ccc(-n2ccnc2C)c(F)c1)N1CCCC(CC(N)=O)C1.I. The van der Waals surface area contributed by atoms with E-state index in [9.17, 15) is 9.18 Å². The minimum atomic E-state index is -0.303. The van der Waals surface area contributed by atoms with Crippen LogP contribution in [-0.2, 0) is 11.3 Å². The lowest BCUT2D eigenvalue weighted by Gasteiger charge is -2.34. The molecule has 0 radical (unpaired) electrons. The van der Waals surface area contributed by atoms with Crippen molar-refractivity contribution in [2.45, 2.75) is 39.7 Å². The smallest absolute Gasteiger partial charge is 0.217 e. The highest BCUT2D eigenvalue weighted by Gasteiger charge is 2.23. The van der Waals surface area contributed by atoms with Gasteiger partial charge in [0.25, 0.3) is 0 Å². The predicted octanol–water partition coefficient (Wildman–Crippen LogP) is 2.99. The quantitative estimate of drug-likeness (QED) is 0.343. The highest BCUT2D eigenvalue weighted by Crippen LogP contribution is 2.20. The van der Waals surface area contributed by atoms with E-state index >= 15 is 0 Å². The van der Waals surface area contributed by atoms with E-state index in [0.29, 0.717) is 18.7 Å². The number of guanidine groups is 1. The van der Waals surface area contributed by atoms with E-state index in [1.807, 2.05) is 19.9 Å². The number of piperidine rings is 1. The molecule has 3 rings (SSSR count). The molecule has 7 nitrogen and oxygen atoms in total. The third-order valence-electron chi connectivity index (χ3n) is 5.15. The summed E-state index contributed by atoms with van der Waals surface area (Å²) in [6.07, 6.45) is 5.79. The topological polar surface area (TPSA) is 88.5 Å². The molecule has 9 heteroatoms. The molecule has 1 aliphatic rings. The van der Waals surface area contributed by atoms with Gasteiger partial charge in [0.05, 0.1) is 12.2 Å². The molecule has 164 valence electrons. The van der Waals surface area contributed by atoms with Crippen molar-refractivity contribution >= 4 is 35.8 Å². The Kier molecular flexibility index (Phi) is 9.07. The molecule has 1 aromatic carbocycles. The van der Waals surface area contributed by atoms with Crippen molar-refractivity contribution in [3.63, 3.8) is 0 Å². The number of amides is 1. The van der Waals surface area contributed by atoms with Crippen molar-refractivity contribution in [3.05, 3.63) is 47.8 Å². The number of halogens is 2. The maximum Gasteiger partial charge on any atom is 0.217 e. The van der Waals surface area contributed by atoms with Crippen LogP contribution in [0.15, 0.2) is 35.6 Å². The number of primary amides is 1. The molecule has 1 fully saturated rings. The summed E-state index contributed by atoms with van der Waals surface area (Å²) in [6, 6.07) is 5.16. The molecule has 0 saturated carbocycles. The summed E-state index contributed by atoms with van der Waals surface area (Å²) in [5.74, 6) is 1.21. The van der Waals surface area contributed by atoms with Crippen molar-refractivity contribution < 1.29 is 9.18 Å². The summed E-state index contributed by atoms with van der Waals surface area (Å²) >= 11 is 0. The van der Waals surface area contributed by atoms with E-state index in [0.717, 1.165) is 49.8 Å². The normalized spacial score (nSPS) is 16.8. The fraction of sp³-hybridized carbons (Fsp3) is 0.476. The number of carbonyl (C=O) groups is 1. The minimum Gasteiger partial charge on any atom is -0.370 e. The molecule has 1 saturated heterocycles. The van der Waals surface area contributed by atoms with Crippen LogP contribution in [0.4, 0.5) is 4.39 Å². The highest BCUT2D eigenvalue weighted by atomic mass is 127. The first-order chi connectivity index (χ1) is 14.0. The van der Waals surface area contributed by atoms with Crippen LogP contribution < -0.4 is 11.1 Å². The van der Waals surface area contributed by atoms with Crippen molar-refractivity contribution in [3.8, 4) is 5.69 Å². The molecule has 1 aromatic heterocycles. The number of hydrogen-bond donors (Lipinski definition) is 2. The predicted molar refractivity (Wildman–Crippen MR) is 127 cm³/mol. The number of imidazole rings is 1. The van der Waals surface area contributed by atoms with Gasteiger partial charge in [-0.2, -0.15) is 0 Å². The van der Waals surface area contributed by atoms with Gasteiger partial charge >= 0.3 is 0 Å². The van der Waals surface area contributed by atoms with Gasteiger partial charge in [-0.3, -0.25) is 4.79 Å². The second kappa shape index (κ2) is 11.3. The lowest BCUT2D eigenvalue weighted by Crippen LogP contribution is -2.47. The summed E-state index contributed by atoms with van der Waals surface area (Å²) in [5.41, 5.74) is 6.64. The maximum atomic E-state index is 14.6. The zero-order valence-corrected chi connectivity index (χ0v) is 19.8. The first-order valence-corrected chi connectivity index (χ1v) is 10.1. The fourth-order valence-electron chi connectivity index (χ4n) is 3.78. The molecule has 0 aliphatic carbocycles. The Labute approximate surface area is 194 Å². The Hall–Kier alpha value is -2.17. The lowest BCUT2D eigenvalue weighted by molar-refractivity contribution is -0.119. The molecule has 2 aromatic rings. The van der Waals surface area contributed by atoms with Crippen molar-refractivity contribution in [2.24, 2.45) is 16.6 Å². The van der Waals surface area contributed by atoms with Gasteiger partial charge in [0.15, 0.2) is 5.96 Å². The molecule has 1 unspecified atom stereocenters. The Morgan fingerprint density at radius 2 is 2.23 bits per heavy atom.